The SMILES string of the molecule is COc1cccc2c1nc(CCCl)n2Cc1cc(Br)cs1. The highest BCUT2D eigenvalue weighted by Gasteiger charge is 2.14. The summed E-state index contributed by atoms with van der Waals surface area (Å²) in [5.74, 6) is 2.35. The lowest BCUT2D eigenvalue weighted by molar-refractivity contribution is 0.419. The number of benzene rings is 1. The van der Waals surface area contributed by atoms with Crippen LogP contribution in [0.25, 0.3) is 11.0 Å². The van der Waals surface area contributed by atoms with Crippen molar-refractivity contribution in [2.75, 3.05) is 13.0 Å². The molecule has 3 rings (SSSR count). The molecule has 0 radical (unpaired) electrons. The minimum atomic E-state index is 0.555. The fraction of sp³-hybridized carbons (Fsp3) is 0.267. The molecule has 6 heteroatoms. The van der Waals surface area contributed by atoms with E-state index >= 15 is 0 Å². The van der Waals surface area contributed by atoms with Crippen molar-refractivity contribution in [2.45, 2.75) is 13.0 Å². The van der Waals surface area contributed by atoms with Crippen LogP contribution in [0, 0.1) is 0 Å². The molecule has 0 N–H and O–H groups in total. The van der Waals surface area contributed by atoms with Crippen molar-refractivity contribution in [3.63, 3.8) is 0 Å². The highest BCUT2D eigenvalue weighted by Crippen LogP contribution is 2.28. The van der Waals surface area contributed by atoms with Gasteiger partial charge in [-0.25, -0.2) is 4.98 Å². The highest BCUT2D eigenvalue weighted by atomic mass is 79.9. The van der Waals surface area contributed by atoms with Crippen LogP contribution in [0.5, 0.6) is 5.75 Å². The summed E-state index contributed by atoms with van der Waals surface area (Å²) in [6, 6.07) is 8.15. The van der Waals surface area contributed by atoms with E-state index in [1.165, 1.54) is 4.88 Å². The van der Waals surface area contributed by atoms with Gasteiger partial charge in [-0.3, -0.25) is 0 Å². The molecule has 1 aromatic carbocycles. The minimum Gasteiger partial charge on any atom is -0.494 e. The zero-order chi connectivity index (χ0) is 14.8. The lowest BCUT2D eigenvalue weighted by Crippen LogP contribution is -2.04. The van der Waals surface area contributed by atoms with Crippen molar-refractivity contribution in [3.05, 3.63) is 44.8 Å². The van der Waals surface area contributed by atoms with Gasteiger partial charge in [0.15, 0.2) is 0 Å². The Morgan fingerprint density at radius 1 is 1.43 bits per heavy atom. The summed E-state index contributed by atoms with van der Waals surface area (Å²) in [6.07, 6.45) is 0.742. The molecule has 2 aromatic heterocycles. The Morgan fingerprint density at radius 3 is 2.95 bits per heavy atom. The first-order valence-electron chi connectivity index (χ1n) is 6.54. The summed E-state index contributed by atoms with van der Waals surface area (Å²) < 4.78 is 8.75. The van der Waals surface area contributed by atoms with E-state index in [9.17, 15) is 0 Å². The Kier molecular flexibility index (Phi) is 4.52. The smallest absolute Gasteiger partial charge is 0.146 e. The first kappa shape index (κ1) is 14.9. The number of fused-ring (bicyclic) bond motifs is 1. The molecule has 0 aliphatic carbocycles. The number of rotatable bonds is 5. The van der Waals surface area contributed by atoms with Crippen LogP contribution in [0.15, 0.2) is 34.1 Å². The first-order valence-corrected chi connectivity index (χ1v) is 8.74. The predicted octanol–water partition coefficient (Wildman–Crippen LogP) is 4.70. The minimum absolute atomic E-state index is 0.555. The fourth-order valence-electron chi connectivity index (χ4n) is 2.38. The largest absolute Gasteiger partial charge is 0.494 e. The number of ether oxygens (including phenoxy) is 1. The Morgan fingerprint density at radius 2 is 2.29 bits per heavy atom. The van der Waals surface area contributed by atoms with Gasteiger partial charge in [0.05, 0.1) is 19.2 Å². The molecule has 3 nitrogen and oxygen atoms in total. The molecular weight excluding hydrogens is 372 g/mol. The topological polar surface area (TPSA) is 27.1 Å². The third kappa shape index (κ3) is 2.96. The molecule has 3 aromatic rings. The van der Waals surface area contributed by atoms with E-state index in [2.05, 4.69) is 38.0 Å². The monoisotopic (exact) mass is 384 g/mol. The molecule has 0 saturated carbocycles. The van der Waals surface area contributed by atoms with Crippen molar-refractivity contribution in [3.8, 4) is 5.75 Å². The molecule has 0 aliphatic rings. The summed E-state index contributed by atoms with van der Waals surface area (Å²) in [7, 11) is 1.67. The van der Waals surface area contributed by atoms with Gasteiger partial charge in [0.2, 0.25) is 0 Å². The third-order valence-corrected chi connectivity index (χ3v) is 5.17. The number of halogens is 2. The number of aromatic nitrogens is 2. The van der Waals surface area contributed by atoms with Crippen LogP contribution in [0.4, 0.5) is 0 Å². The van der Waals surface area contributed by atoms with E-state index in [0.717, 1.165) is 40.0 Å². The van der Waals surface area contributed by atoms with Gasteiger partial charge in [-0.15, -0.1) is 22.9 Å². The zero-order valence-corrected chi connectivity index (χ0v) is 14.6. The van der Waals surface area contributed by atoms with Gasteiger partial charge in [0, 0.05) is 27.0 Å². The van der Waals surface area contributed by atoms with Crippen LogP contribution >= 0.6 is 38.9 Å². The highest BCUT2D eigenvalue weighted by molar-refractivity contribution is 9.10. The zero-order valence-electron chi connectivity index (χ0n) is 11.5. The van der Waals surface area contributed by atoms with Gasteiger partial charge in [0.1, 0.15) is 17.1 Å². The second kappa shape index (κ2) is 6.38. The van der Waals surface area contributed by atoms with Crippen molar-refractivity contribution in [2.24, 2.45) is 0 Å². The van der Waals surface area contributed by atoms with Crippen molar-refractivity contribution in [1.29, 1.82) is 0 Å². The van der Waals surface area contributed by atoms with E-state index in [4.69, 9.17) is 21.3 Å². The van der Waals surface area contributed by atoms with Crippen molar-refractivity contribution in [1.82, 2.24) is 9.55 Å². The second-order valence-electron chi connectivity index (χ2n) is 4.61. The number of para-hydroxylation sites is 1. The second-order valence-corrected chi connectivity index (χ2v) is 6.90. The summed E-state index contributed by atoms with van der Waals surface area (Å²) in [4.78, 5) is 6.00. The summed E-state index contributed by atoms with van der Waals surface area (Å²) in [6.45, 7) is 0.798. The van der Waals surface area contributed by atoms with Crippen molar-refractivity contribution >= 4 is 49.9 Å². The van der Waals surface area contributed by atoms with Gasteiger partial charge in [-0.05, 0) is 34.1 Å². The first-order chi connectivity index (χ1) is 10.2. The van der Waals surface area contributed by atoms with E-state index in [1.54, 1.807) is 18.4 Å². The number of hydrogen-bond acceptors (Lipinski definition) is 3. The van der Waals surface area contributed by atoms with Crippen LogP contribution in [-0.2, 0) is 13.0 Å². The number of thiophene rings is 1. The molecule has 0 spiro atoms. The molecule has 0 bridgehead atoms. The van der Waals surface area contributed by atoms with E-state index in [-0.39, 0.29) is 0 Å². The lowest BCUT2D eigenvalue weighted by atomic mass is 10.3. The molecule has 21 heavy (non-hydrogen) atoms. The Balaban J connectivity index is 2.11. The van der Waals surface area contributed by atoms with Gasteiger partial charge < -0.3 is 9.30 Å². The normalized spacial score (nSPS) is 11.2. The summed E-state index contributed by atoms with van der Waals surface area (Å²) in [5, 5.41) is 2.09. The van der Waals surface area contributed by atoms with Gasteiger partial charge in [-0.1, -0.05) is 6.07 Å². The number of hydrogen-bond donors (Lipinski definition) is 0. The van der Waals surface area contributed by atoms with E-state index in [0.29, 0.717) is 5.88 Å². The molecule has 110 valence electrons. The number of alkyl halides is 1. The van der Waals surface area contributed by atoms with Crippen LogP contribution in [0.3, 0.4) is 0 Å². The third-order valence-electron chi connectivity index (χ3n) is 3.29. The van der Waals surface area contributed by atoms with Crippen LogP contribution < -0.4 is 4.74 Å². The maximum atomic E-state index is 5.93. The van der Waals surface area contributed by atoms with Gasteiger partial charge >= 0.3 is 0 Å². The van der Waals surface area contributed by atoms with Gasteiger partial charge in [-0.2, -0.15) is 0 Å². The lowest BCUT2D eigenvalue weighted by Gasteiger charge is -2.07. The molecule has 0 fully saturated rings. The summed E-state index contributed by atoms with van der Waals surface area (Å²) >= 11 is 11.2. The number of nitrogens with zero attached hydrogens (tertiary/aromatic N) is 2. The molecule has 0 saturated heterocycles. The quantitative estimate of drug-likeness (QED) is 0.595. The fourth-order valence-corrected chi connectivity index (χ4v) is 3.99. The van der Waals surface area contributed by atoms with Crippen LogP contribution in [0.1, 0.15) is 10.7 Å². The predicted molar refractivity (Wildman–Crippen MR) is 91.8 cm³/mol. The van der Waals surface area contributed by atoms with Gasteiger partial charge in [0.25, 0.3) is 0 Å². The number of methoxy groups -OCH3 is 1. The average Bonchev–Trinajstić information content (AvgIpc) is 3.04. The average molecular weight is 386 g/mol. The van der Waals surface area contributed by atoms with Crippen LogP contribution in [-0.4, -0.2) is 22.5 Å². The number of imidazole rings is 1. The Hall–Kier alpha value is -1.04. The molecule has 0 unspecified atom stereocenters. The summed E-state index contributed by atoms with van der Waals surface area (Å²) in [5.41, 5.74) is 1.98. The van der Waals surface area contributed by atoms with E-state index in [1.807, 2.05) is 12.1 Å². The van der Waals surface area contributed by atoms with Crippen molar-refractivity contribution < 1.29 is 4.74 Å². The maximum Gasteiger partial charge on any atom is 0.146 e. The number of aryl methyl sites for hydroxylation is 1. The Bertz CT molecular complexity index is 768. The maximum absolute atomic E-state index is 5.93. The molecular formula is C15H14BrClN2OS. The Labute approximate surface area is 140 Å². The standard InChI is InChI=1S/C15H14BrClN2OS/c1-20-13-4-2-3-12-15(13)18-14(5-6-17)19(12)8-11-7-10(16)9-21-11/h2-4,7,9H,5-6,8H2,1H3. The molecule has 0 atom stereocenters. The van der Waals surface area contributed by atoms with E-state index < -0.39 is 0 Å². The molecule has 2 heterocycles. The molecule has 0 amide bonds. The molecule has 0 aliphatic heterocycles. The van der Waals surface area contributed by atoms with Crippen LogP contribution in [0.2, 0.25) is 0 Å².